The van der Waals surface area contributed by atoms with Gasteiger partial charge in [-0.1, -0.05) is 156 Å². The summed E-state index contributed by atoms with van der Waals surface area (Å²) in [4.78, 5) is 12.1. The predicted molar refractivity (Wildman–Crippen MR) is 204 cm³/mol. The summed E-state index contributed by atoms with van der Waals surface area (Å²) in [6.07, 6.45) is 49.2. The monoisotopic (exact) mass is 631 g/mol. The van der Waals surface area contributed by atoms with Crippen LogP contribution in [-0.4, -0.2) is 12.6 Å². The van der Waals surface area contributed by atoms with Crippen molar-refractivity contribution in [3.63, 3.8) is 0 Å². The Bertz CT molecular complexity index is 1050. The molecule has 0 bridgehead atoms. The number of ether oxygens (including phenoxy) is 1. The molecule has 1 rings (SSSR count). The van der Waals surface area contributed by atoms with Gasteiger partial charge in [-0.3, -0.25) is 4.79 Å². The maximum atomic E-state index is 12.1. The maximum absolute atomic E-state index is 12.1. The van der Waals surface area contributed by atoms with E-state index in [1.54, 1.807) is 0 Å². The standard InChI is InChI=1S/C44H70O2/c1-7-8-9-10-11-12-13-14-15-16-17-18-19-20-21-22-23-24-25-26-27-33-43(45)46-38-36-40(3)31-28-30-39(2)34-35-42-41(4)32-29-37-44(42,5)6/h13-14,16-17,19-20,28,30-31,34-36H,7-12,15,18,21-27,29,32-33,37-38H2,1-6H3/b14-13-,17-16-,20-19-,31-28+,35-34+,39-30+,40-36+. The molecule has 0 aliphatic heterocycles. The lowest BCUT2D eigenvalue weighted by atomic mass is 9.72. The summed E-state index contributed by atoms with van der Waals surface area (Å²) < 4.78 is 5.42. The quantitative estimate of drug-likeness (QED) is 0.0434. The van der Waals surface area contributed by atoms with Crippen molar-refractivity contribution >= 4 is 5.97 Å². The fraction of sp³-hybridized carbons (Fsp3) is 0.614. The number of rotatable bonds is 25. The van der Waals surface area contributed by atoms with Gasteiger partial charge in [-0.2, -0.15) is 0 Å². The Hall–Kier alpha value is -2.61. The molecule has 0 aromatic carbocycles. The molecular weight excluding hydrogens is 560 g/mol. The van der Waals surface area contributed by atoms with Crippen molar-refractivity contribution in [1.29, 1.82) is 0 Å². The van der Waals surface area contributed by atoms with E-state index in [0.717, 1.165) is 31.3 Å². The third-order valence-corrected chi connectivity index (χ3v) is 8.94. The van der Waals surface area contributed by atoms with E-state index >= 15 is 0 Å². The first-order valence-electron chi connectivity index (χ1n) is 18.8. The summed E-state index contributed by atoms with van der Waals surface area (Å²) in [6, 6.07) is 0. The van der Waals surface area contributed by atoms with E-state index < -0.39 is 0 Å². The van der Waals surface area contributed by atoms with Crippen LogP contribution >= 0.6 is 0 Å². The van der Waals surface area contributed by atoms with Crippen molar-refractivity contribution in [2.45, 2.75) is 164 Å². The molecule has 0 heterocycles. The van der Waals surface area contributed by atoms with Gasteiger partial charge in [0.25, 0.3) is 0 Å². The lowest BCUT2D eigenvalue weighted by Crippen LogP contribution is -2.19. The summed E-state index contributed by atoms with van der Waals surface area (Å²) in [5, 5.41) is 0. The Balaban J connectivity index is 2.04. The summed E-state index contributed by atoms with van der Waals surface area (Å²) in [5.74, 6) is -0.0860. The molecule has 2 heteroatoms. The molecule has 0 saturated heterocycles. The number of hydrogen-bond acceptors (Lipinski definition) is 2. The zero-order valence-electron chi connectivity index (χ0n) is 30.9. The zero-order chi connectivity index (χ0) is 33.7. The van der Waals surface area contributed by atoms with Crippen LogP contribution in [0.3, 0.4) is 0 Å². The minimum Gasteiger partial charge on any atom is -0.461 e. The van der Waals surface area contributed by atoms with Gasteiger partial charge in [0.15, 0.2) is 0 Å². The number of allylic oxidation sites excluding steroid dienone is 15. The fourth-order valence-corrected chi connectivity index (χ4v) is 5.92. The van der Waals surface area contributed by atoms with Crippen molar-refractivity contribution in [2.75, 3.05) is 6.61 Å². The van der Waals surface area contributed by atoms with E-state index in [0.29, 0.717) is 13.0 Å². The van der Waals surface area contributed by atoms with Crippen LogP contribution in [0.25, 0.3) is 0 Å². The molecule has 0 radical (unpaired) electrons. The molecule has 46 heavy (non-hydrogen) atoms. The SMILES string of the molecule is CCCCCCC/C=C\C/C=C\C/C=C\CCCCCCCCC(=O)OC/C=C(C)/C=C/C=C(C)/C=C/C1=C(C)CCCC1(C)C. The predicted octanol–water partition coefficient (Wildman–Crippen LogP) is 14.0. The molecular formula is C44H70O2. The molecule has 0 unspecified atom stereocenters. The van der Waals surface area contributed by atoms with Crippen LogP contribution in [-0.2, 0) is 9.53 Å². The van der Waals surface area contributed by atoms with E-state index in [9.17, 15) is 4.79 Å². The first-order valence-corrected chi connectivity index (χ1v) is 18.8. The highest BCUT2D eigenvalue weighted by atomic mass is 16.5. The molecule has 0 atom stereocenters. The number of unbranched alkanes of at least 4 members (excludes halogenated alkanes) is 11. The average Bonchev–Trinajstić information content (AvgIpc) is 3.01. The van der Waals surface area contributed by atoms with Gasteiger partial charge in [-0.15, -0.1) is 0 Å². The van der Waals surface area contributed by atoms with E-state index in [1.807, 2.05) is 13.0 Å². The highest BCUT2D eigenvalue weighted by Gasteiger charge is 2.26. The zero-order valence-corrected chi connectivity index (χ0v) is 30.9. The summed E-state index contributed by atoms with van der Waals surface area (Å²) in [6.45, 7) is 13.8. The first-order chi connectivity index (χ1) is 22.3. The van der Waals surface area contributed by atoms with Gasteiger partial charge in [-0.25, -0.2) is 0 Å². The molecule has 0 saturated carbocycles. The van der Waals surface area contributed by atoms with Crippen LogP contribution < -0.4 is 0 Å². The Kier molecular flexibility index (Phi) is 24.8. The van der Waals surface area contributed by atoms with Crippen LogP contribution in [0, 0.1) is 5.41 Å². The van der Waals surface area contributed by atoms with Crippen molar-refractivity contribution in [3.8, 4) is 0 Å². The molecule has 0 spiro atoms. The van der Waals surface area contributed by atoms with E-state index in [1.165, 1.54) is 107 Å². The van der Waals surface area contributed by atoms with Gasteiger partial charge in [0.1, 0.15) is 6.61 Å². The third kappa shape index (κ3) is 22.8. The van der Waals surface area contributed by atoms with Crippen molar-refractivity contribution in [2.24, 2.45) is 5.41 Å². The van der Waals surface area contributed by atoms with Gasteiger partial charge in [0.2, 0.25) is 0 Å². The molecule has 258 valence electrons. The van der Waals surface area contributed by atoms with Gasteiger partial charge in [0, 0.05) is 6.42 Å². The largest absolute Gasteiger partial charge is 0.461 e. The lowest BCUT2D eigenvalue weighted by molar-refractivity contribution is -0.142. The number of carbonyl (C=O) groups is 1. The summed E-state index contributed by atoms with van der Waals surface area (Å²) in [7, 11) is 0. The van der Waals surface area contributed by atoms with Crippen molar-refractivity contribution in [3.05, 3.63) is 95.2 Å². The normalized spacial score (nSPS) is 16.4. The fourth-order valence-electron chi connectivity index (χ4n) is 5.92. The van der Waals surface area contributed by atoms with Crippen LogP contribution in [0.1, 0.15) is 164 Å². The second-order valence-corrected chi connectivity index (χ2v) is 13.9. The number of hydrogen-bond donors (Lipinski definition) is 0. The van der Waals surface area contributed by atoms with Crippen LogP contribution in [0.5, 0.6) is 0 Å². The lowest BCUT2D eigenvalue weighted by Gasteiger charge is -2.32. The summed E-state index contributed by atoms with van der Waals surface area (Å²) >= 11 is 0. The molecule has 0 amide bonds. The van der Waals surface area contributed by atoms with Crippen LogP contribution in [0.2, 0.25) is 0 Å². The third-order valence-electron chi connectivity index (χ3n) is 8.94. The van der Waals surface area contributed by atoms with Crippen molar-refractivity contribution < 1.29 is 9.53 Å². The molecule has 2 nitrogen and oxygen atoms in total. The smallest absolute Gasteiger partial charge is 0.306 e. The Morgan fingerprint density at radius 3 is 1.98 bits per heavy atom. The Labute approximate surface area is 285 Å². The van der Waals surface area contributed by atoms with Crippen LogP contribution in [0.15, 0.2) is 95.2 Å². The second kappa shape index (κ2) is 27.5. The van der Waals surface area contributed by atoms with Gasteiger partial charge < -0.3 is 4.74 Å². The molecule has 0 N–H and O–H groups in total. The minimum atomic E-state index is -0.0860. The van der Waals surface area contributed by atoms with Gasteiger partial charge in [-0.05, 0) is 102 Å². The average molecular weight is 631 g/mol. The maximum Gasteiger partial charge on any atom is 0.306 e. The molecule has 0 aromatic heterocycles. The molecule has 1 aliphatic rings. The number of carbonyl (C=O) groups excluding carboxylic acids is 1. The van der Waals surface area contributed by atoms with E-state index in [-0.39, 0.29) is 11.4 Å². The first kappa shape index (κ1) is 41.4. The van der Waals surface area contributed by atoms with Crippen LogP contribution in [0.4, 0.5) is 0 Å². The van der Waals surface area contributed by atoms with Gasteiger partial charge in [0.05, 0.1) is 0 Å². The Morgan fingerprint density at radius 2 is 1.35 bits per heavy atom. The molecule has 1 aliphatic carbocycles. The second-order valence-electron chi connectivity index (χ2n) is 13.9. The van der Waals surface area contributed by atoms with Gasteiger partial charge >= 0.3 is 5.97 Å². The number of esters is 1. The summed E-state index contributed by atoms with van der Waals surface area (Å²) in [5.41, 5.74) is 5.62. The molecule has 0 aromatic rings. The minimum absolute atomic E-state index is 0.0860. The highest BCUT2D eigenvalue weighted by Crippen LogP contribution is 2.40. The molecule has 0 fully saturated rings. The van der Waals surface area contributed by atoms with Crippen molar-refractivity contribution in [1.82, 2.24) is 0 Å². The topological polar surface area (TPSA) is 26.3 Å². The van der Waals surface area contributed by atoms with E-state index in [2.05, 4.69) is 101 Å². The highest BCUT2D eigenvalue weighted by molar-refractivity contribution is 5.69. The Morgan fingerprint density at radius 1 is 0.761 bits per heavy atom. The van der Waals surface area contributed by atoms with E-state index in [4.69, 9.17) is 4.74 Å².